The molecule has 1 aliphatic heterocycles. The molecule has 2 N–H and O–H groups in total. The zero-order valence-corrected chi connectivity index (χ0v) is 10.9. The Bertz CT molecular complexity index is 221. The van der Waals surface area contributed by atoms with Crippen molar-refractivity contribution in [2.75, 3.05) is 39.3 Å². The van der Waals surface area contributed by atoms with Crippen molar-refractivity contribution < 1.29 is 0 Å². The van der Waals surface area contributed by atoms with Crippen molar-refractivity contribution in [3.63, 3.8) is 0 Å². The lowest BCUT2D eigenvalue weighted by Crippen LogP contribution is -2.39. The third-order valence-electron chi connectivity index (χ3n) is 4.53. The standard InChI is InChI=1S/C13H27N3/c1-3-16(4-2)12-5-8-15(9-12)11-13(10-14)6-7-13/h12H,3-11,14H2,1-2H3. The molecule has 0 spiro atoms. The normalized spacial score (nSPS) is 28.9. The van der Waals surface area contributed by atoms with Crippen molar-refractivity contribution in [2.45, 2.75) is 39.2 Å². The maximum Gasteiger partial charge on any atom is 0.0235 e. The van der Waals surface area contributed by atoms with Gasteiger partial charge in [0.05, 0.1) is 0 Å². The Morgan fingerprint density at radius 3 is 2.50 bits per heavy atom. The van der Waals surface area contributed by atoms with E-state index in [9.17, 15) is 0 Å². The number of likely N-dealkylation sites (tertiary alicyclic amines) is 1. The Kier molecular flexibility index (Phi) is 3.88. The van der Waals surface area contributed by atoms with Gasteiger partial charge in [0.25, 0.3) is 0 Å². The molecule has 1 heterocycles. The van der Waals surface area contributed by atoms with E-state index in [4.69, 9.17) is 5.73 Å². The molecule has 1 aliphatic carbocycles. The maximum absolute atomic E-state index is 5.86. The fraction of sp³-hybridized carbons (Fsp3) is 1.00. The minimum atomic E-state index is 0.512. The van der Waals surface area contributed by atoms with Crippen LogP contribution >= 0.6 is 0 Å². The molecule has 0 radical (unpaired) electrons. The van der Waals surface area contributed by atoms with E-state index >= 15 is 0 Å². The summed E-state index contributed by atoms with van der Waals surface area (Å²) in [6.45, 7) is 11.6. The lowest BCUT2D eigenvalue weighted by atomic mass is 10.1. The predicted octanol–water partition coefficient (Wildman–Crippen LogP) is 1.14. The van der Waals surface area contributed by atoms with Crippen LogP contribution in [-0.2, 0) is 0 Å². The van der Waals surface area contributed by atoms with Gasteiger partial charge in [0.15, 0.2) is 0 Å². The van der Waals surface area contributed by atoms with E-state index in [0.29, 0.717) is 5.41 Å². The summed E-state index contributed by atoms with van der Waals surface area (Å²) in [7, 11) is 0. The third-order valence-corrected chi connectivity index (χ3v) is 4.53. The van der Waals surface area contributed by atoms with Crippen LogP contribution in [0.5, 0.6) is 0 Å². The molecule has 0 amide bonds. The van der Waals surface area contributed by atoms with Crippen LogP contribution in [0.1, 0.15) is 33.1 Å². The summed E-state index contributed by atoms with van der Waals surface area (Å²) in [5.41, 5.74) is 6.37. The molecule has 1 atom stereocenters. The number of hydrogen-bond acceptors (Lipinski definition) is 3. The van der Waals surface area contributed by atoms with Gasteiger partial charge in [-0.1, -0.05) is 13.8 Å². The predicted molar refractivity (Wildman–Crippen MR) is 68.5 cm³/mol. The fourth-order valence-electron chi connectivity index (χ4n) is 3.07. The minimum absolute atomic E-state index is 0.512. The van der Waals surface area contributed by atoms with Crippen LogP contribution in [0.15, 0.2) is 0 Å². The highest BCUT2D eigenvalue weighted by atomic mass is 15.3. The molecule has 2 aliphatic rings. The van der Waals surface area contributed by atoms with Crippen molar-refractivity contribution >= 4 is 0 Å². The van der Waals surface area contributed by atoms with Gasteiger partial charge in [-0.3, -0.25) is 4.90 Å². The molecule has 1 saturated carbocycles. The second kappa shape index (κ2) is 5.03. The zero-order chi connectivity index (χ0) is 11.6. The van der Waals surface area contributed by atoms with Crippen LogP contribution in [0.25, 0.3) is 0 Å². The Balaban J connectivity index is 1.79. The number of hydrogen-bond donors (Lipinski definition) is 1. The molecule has 16 heavy (non-hydrogen) atoms. The highest BCUT2D eigenvalue weighted by Crippen LogP contribution is 2.45. The second-order valence-corrected chi connectivity index (χ2v) is 5.60. The van der Waals surface area contributed by atoms with Gasteiger partial charge in [-0.25, -0.2) is 0 Å². The van der Waals surface area contributed by atoms with Crippen LogP contribution in [-0.4, -0.2) is 55.1 Å². The third kappa shape index (κ3) is 2.58. The Morgan fingerprint density at radius 1 is 1.31 bits per heavy atom. The monoisotopic (exact) mass is 225 g/mol. The molecule has 0 bridgehead atoms. The van der Waals surface area contributed by atoms with E-state index in [-0.39, 0.29) is 0 Å². The van der Waals surface area contributed by atoms with Crippen LogP contribution in [0.2, 0.25) is 0 Å². The molecule has 0 aromatic carbocycles. The summed E-state index contributed by atoms with van der Waals surface area (Å²) in [5.74, 6) is 0. The van der Waals surface area contributed by atoms with Gasteiger partial charge in [0.1, 0.15) is 0 Å². The Labute approximate surface area is 100.0 Å². The topological polar surface area (TPSA) is 32.5 Å². The number of likely N-dealkylation sites (N-methyl/N-ethyl adjacent to an activating group) is 1. The van der Waals surface area contributed by atoms with E-state index in [0.717, 1.165) is 12.6 Å². The highest BCUT2D eigenvalue weighted by molar-refractivity contribution is 4.98. The smallest absolute Gasteiger partial charge is 0.0235 e. The van der Waals surface area contributed by atoms with Crippen molar-refractivity contribution in [1.29, 1.82) is 0 Å². The van der Waals surface area contributed by atoms with E-state index in [2.05, 4.69) is 23.6 Å². The van der Waals surface area contributed by atoms with E-state index < -0.39 is 0 Å². The van der Waals surface area contributed by atoms with Gasteiger partial charge in [-0.15, -0.1) is 0 Å². The SMILES string of the molecule is CCN(CC)C1CCN(CC2(CN)CC2)C1. The summed E-state index contributed by atoms with van der Waals surface area (Å²) in [4.78, 5) is 5.24. The van der Waals surface area contributed by atoms with Gasteiger partial charge in [-0.05, 0) is 50.9 Å². The summed E-state index contributed by atoms with van der Waals surface area (Å²) < 4.78 is 0. The average Bonchev–Trinajstić information content (AvgIpc) is 2.93. The lowest BCUT2D eigenvalue weighted by Gasteiger charge is -2.27. The molecule has 2 rings (SSSR count). The fourth-order valence-corrected chi connectivity index (χ4v) is 3.07. The first-order valence-electron chi connectivity index (χ1n) is 6.89. The summed E-state index contributed by atoms with van der Waals surface area (Å²) in [6.07, 6.45) is 4.06. The van der Waals surface area contributed by atoms with E-state index in [1.54, 1.807) is 0 Å². The van der Waals surface area contributed by atoms with Gasteiger partial charge in [0, 0.05) is 19.1 Å². The first-order valence-corrected chi connectivity index (χ1v) is 6.89. The van der Waals surface area contributed by atoms with Crippen molar-refractivity contribution in [3.05, 3.63) is 0 Å². The average molecular weight is 225 g/mol. The molecule has 3 heteroatoms. The van der Waals surface area contributed by atoms with Gasteiger partial charge in [-0.2, -0.15) is 0 Å². The van der Waals surface area contributed by atoms with E-state index in [1.807, 2.05) is 0 Å². The second-order valence-electron chi connectivity index (χ2n) is 5.60. The molecule has 0 aromatic rings. The summed E-state index contributed by atoms with van der Waals surface area (Å²) in [6, 6.07) is 0.795. The Morgan fingerprint density at radius 2 is 2.00 bits per heavy atom. The maximum atomic E-state index is 5.86. The zero-order valence-electron chi connectivity index (χ0n) is 10.9. The molecular weight excluding hydrogens is 198 g/mol. The summed E-state index contributed by atoms with van der Waals surface area (Å²) >= 11 is 0. The molecule has 3 nitrogen and oxygen atoms in total. The van der Waals surface area contributed by atoms with Crippen LogP contribution in [0.3, 0.4) is 0 Å². The largest absolute Gasteiger partial charge is 0.330 e. The number of rotatable bonds is 6. The molecule has 1 saturated heterocycles. The number of nitrogens with zero attached hydrogens (tertiary/aromatic N) is 2. The van der Waals surface area contributed by atoms with Crippen LogP contribution in [0.4, 0.5) is 0 Å². The first kappa shape index (κ1) is 12.3. The van der Waals surface area contributed by atoms with E-state index in [1.165, 1.54) is 52.0 Å². The highest BCUT2D eigenvalue weighted by Gasteiger charge is 2.43. The van der Waals surface area contributed by atoms with Gasteiger partial charge < -0.3 is 10.6 Å². The van der Waals surface area contributed by atoms with Crippen LogP contribution in [0, 0.1) is 5.41 Å². The molecule has 2 fully saturated rings. The van der Waals surface area contributed by atoms with Gasteiger partial charge in [0.2, 0.25) is 0 Å². The van der Waals surface area contributed by atoms with Crippen molar-refractivity contribution in [3.8, 4) is 0 Å². The summed E-state index contributed by atoms with van der Waals surface area (Å²) in [5, 5.41) is 0. The minimum Gasteiger partial charge on any atom is -0.330 e. The van der Waals surface area contributed by atoms with Gasteiger partial charge >= 0.3 is 0 Å². The lowest BCUT2D eigenvalue weighted by molar-refractivity contribution is 0.199. The van der Waals surface area contributed by atoms with Crippen LogP contribution < -0.4 is 5.73 Å². The first-order chi connectivity index (χ1) is 7.73. The Hall–Kier alpha value is -0.120. The molecular formula is C13H27N3. The number of nitrogens with two attached hydrogens (primary N) is 1. The molecule has 0 aromatic heterocycles. The molecule has 94 valence electrons. The quantitative estimate of drug-likeness (QED) is 0.736. The van der Waals surface area contributed by atoms with Crippen molar-refractivity contribution in [1.82, 2.24) is 9.80 Å². The molecule has 1 unspecified atom stereocenters. The van der Waals surface area contributed by atoms with Crippen molar-refractivity contribution in [2.24, 2.45) is 11.1 Å².